The average Bonchev–Trinajstić information content (AvgIpc) is 3.15. The number of rotatable bonds is 9. The van der Waals surface area contributed by atoms with Crippen molar-refractivity contribution in [1.29, 1.82) is 0 Å². The molecule has 10 heteroatoms. The molecule has 1 amide bonds. The Morgan fingerprint density at radius 2 is 2.03 bits per heavy atom. The second kappa shape index (κ2) is 13.5. The summed E-state index contributed by atoms with van der Waals surface area (Å²) in [6.45, 7) is 7.40. The summed E-state index contributed by atoms with van der Waals surface area (Å²) >= 11 is 0. The number of alkyl halides is 2. The van der Waals surface area contributed by atoms with Gasteiger partial charge in [-0.05, 0) is 38.0 Å². The van der Waals surface area contributed by atoms with Crippen LogP contribution in [0.3, 0.4) is 0 Å². The first-order valence-corrected chi connectivity index (χ1v) is 10.4. The summed E-state index contributed by atoms with van der Waals surface area (Å²) < 4.78 is 35.0. The van der Waals surface area contributed by atoms with E-state index in [9.17, 15) is 13.6 Å². The molecule has 1 saturated heterocycles. The molecule has 0 aromatic heterocycles. The fourth-order valence-corrected chi connectivity index (χ4v) is 3.24. The molecular weight excluding hydrogens is 521 g/mol. The van der Waals surface area contributed by atoms with Gasteiger partial charge in [-0.25, -0.2) is 4.99 Å². The third-order valence-electron chi connectivity index (χ3n) is 4.62. The zero-order valence-corrected chi connectivity index (χ0v) is 20.8. The van der Waals surface area contributed by atoms with Crippen molar-refractivity contribution in [3.8, 4) is 11.5 Å². The first kappa shape index (κ1) is 27.2. The van der Waals surface area contributed by atoms with Gasteiger partial charge in [-0.2, -0.15) is 8.78 Å². The van der Waals surface area contributed by atoms with Gasteiger partial charge in [0.15, 0.2) is 17.5 Å². The summed E-state index contributed by atoms with van der Waals surface area (Å²) in [5, 5.41) is 6.58. The Hall–Kier alpha value is -1.85. The van der Waals surface area contributed by atoms with Gasteiger partial charge in [0, 0.05) is 31.6 Å². The minimum Gasteiger partial charge on any atom is -0.490 e. The predicted molar refractivity (Wildman–Crippen MR) is 127 cm³/mol. The van der Waals surface area contributed by atoms with E-state index in [1.807, 2.05) is 25.7 Å². The lowest BCUT2D eigenvalue weighted by Gasteiger charge is -2.20. The van der Waals surface area contributed by atoms with Crippen LogP contribution >= 0.6 is 24.0 Å². The maximum absolute atomic E-state index is 12.6. The number of carbonyl (C=O) groups is 1. The highest BCUT2D eigenvalue weighted by atomic mass is 127. The molecule has 1 atom stereocenters. The molecule has 1 aliphatic rings. The van der Waals surface area contributed by atoms with Crippen molar-refractivity contribution < 1.29 is 23.0 Å². The molecule has 31 heavy (non-hydrogen) atoms. The maximum atomic E-state index is 12.6. The molecule has 1 aromatic rings. The Morgan fingerprint density at radius 3 is 2.65 bits per heavy atom. The van der Waals surface area contributed by atoms with Crippen LogP contribution in [0.2, 0.25) is 0 Å². The van der Waals surface area contributed by atoms with E-state index in [0.29, 0.717) is 32.2 Å². The largest absolute Gasteiger partial charge is 0.490 e. The molecule has 0 radical (unpaired) electrons. The molecule has 1 aromatic carbocycles. The summed E-state index contributed by atoms with van der Waals surface area (Å²) in [7, 11) is 0. The van der Waals surface area contributed by atoms with Crippen LogP contribution in [0.25, 0.3) is 0 Å². The Labute approximate surface area is 200 Å². The number of guanidine groups is 1. The molecule has 1 heterocycles. The number of amides is 1. The van der Waals surface area contributed by atoms with Gasteiger partial charge in [0.1, 0.15) is 0 Å². The quantitative estimate of drug-likeness (QED) is 0.277. The molecule has 0 saturated carbocycles. The average molecular weight is 554 g/mol. The summed E-state index contributed by atoms with van der Waals surface area (Å²) in [4.78, 5) is 18.6. The van der Waals surface area contributed by atoms with Crippen LogP contribution in [0.1, 0.15) is 39.7 Å². The van der Waals surface area contributed by atoms with E-state index >= 15 is 0 Å². The van der Waals surface area contributed by atoms with Crippen molar-refractivity contribution in [3.63, 3.8) is 0 Å². The van der Waals surface area contributed by atoms with Crippen LogP contribution in [0.5, 0.6) is 11.5 Å². The highest BCUT2D eigenvalue weighted by molar-refractivity contribution is 14.0. The minimum absolute atomic E-state index is 0. The Morgan fingerprint density at radius 1 is 1.29 bits per heavy atom. The van der Waals surface area contributed by atoms with Gasteiger partial charge in [-0.1, -0.05) is 19.9 Å². The van der Waals surface area contributed by atoms with Gasteiger partial charge in [0.2, 0.25) is 5.91 Å². The summed E-state index contributed by atoms with van der Waals surface area (Å²) in [5.74, 6) is 1.07. The fraction of sp³-hybridized carbons (Fsp3) is 0.619. The van der Waals surface area contributed by atoms with Crippen molar-refractivity contribution in [2.24, 2.45) is 10.9 Å². The number of likely N-dealkylation sites (tertiary alicyclic amines) is 1. The van der Waals surface area contributed by atoms with E-state index in [0.717, 1.165) is 18.5 Å². The van der Waals surface area contributed by atoms with Gasteiger partial charge < -0.3 is 25.0 Å². The Balaban J connectivity index is 0.00000480. The van der Waals surface area contributed by atoms with Crippen molar-refractivity contribution in [2.45, 2.75) is 53.3 Å². The SMILES string of the molecule is CCNC(=NCc1ccc(OC(F)F)c(OCC)c1)NC1CCN(C(=O)C(C)C)C1.I. The highest BCUT2D eigenvalue weighted by Gasteiger charge is 2.27. The highest BCUT2D eigenvalue weighted by Crippen LogP contribution is 2.30. The van der Waals surface area contributed by atoms with Crippen molar-refractivity contribution >= 4 is 35.8 Å². The van der Waals surface area contributed by atoms with E-state index in [1.165, 1.54) is 6.07 Å². The molecule has 0 bridgehead atoms. The van der Waals surface area contributed by atoms with E-state index in [-0.39, 0.29) is 53.3 Å². The van der Waals surface area contributed by atoms with Gasteiger partial charge in [0.05, 0.1) is 13.2 Å². The normalized spacial score (nSPS) is 16.3. The molecule has 176 valence electrons. The van der Waals surface area contributed by atoms with E-state index < -0.39 is 6.61 Å². The fourth-order valence-electron chi connectivity index (χ4n) is 3.24. The molecule has 2 rings (SSSR count). The van der Waals surface area contributed by atoms with Gasteiger partial charge in [-0.3, -0.25) is 4.79 Å². The zero-order valence-electron chi connectivity index (χ0n) is 18.5. The first-order valence-electron chi connectivity index (χ1n) is 10.4. The standard InChI is InChI=1S/C21H32F2N4O3.HI/c1-5-24-21(26-16-9-10-27(13-16)19(28)14(3)4)25-12-15-7-8-17(30-20(22)23)18(11-15)29-6-2;/h7-8,11,14,16,20H,5-6,9-10,12-13H2,1-4H3,(H2,24,25,26);1H. The number of benzene rings is 1. The van der Waals surface area contributed by atoms with Crippen LogP contribution in [0, 0.1) is 5.92 Å². The van der Waals surface area contributed by atoms with Crippen LogP contribution < -0.4 is 20.1 Å². The molecule has 1 aliphatic heterocycles. The molecule has 0 aliphatic carbocycles. The number of nitrogens with zero attached hydrogens (tertiary/aromatic N) is 2. The summed E-state index contributed by atoms with van der Waals surface area (Å²) in [6, 6.07) is 4.94. The second-order valence-corrected chi connectivity index (χ2v) is 7.36. The van der Waals surface area contributed by atoms with Crippen molar-refractivity contribution in [2.75, 3.05) is 26.2 Å². The third-order valence-corrected chi connectivity index (χ3v) is 4.62. The van der Waals surface area contributed by atoms with E-state index in [1.54, 1.807) is 19.1 Å². The number of ether oxygens (including phenoxy) is 2. The number of carbonyl (C=O) groups excluding carboxylic acids is 1. The summed E-state index contributed by atoms with van der Waals surface area (Å²) in [6.07, 6.45) is 0.858. The Kier molecular flexibility index (Phi) is 11.9. The molecule has 1 fully saturated rings. The monoisotopic (exact) mass is 554 g/mol. The number of hydrogen-bond donors (Lipinski definition) is 2. The molecule has 2 N–H and O–H groups in total. The third kappa shape index (κ3) is 8.66. The number of halogens is 3. The lowest BCUT2D eigenvalue weighted by Crippen LogP contribution is -2.45. The predicted octanol–water partition coefficient (Wildman–Crippen LogP) is 3.62. The van der Waals surface area contributed by atoms with Crippen molar-refractivity contribution in [3.05, 3.63) is 23.8 Å². The number of hydrogen-bond acceptors (Lipinski definition) is 4. The molecule has 1 unspecified atom stereocenters. The van der Waals surface area contributed by atoms with Crippen molar-refractivity contribution in [1.82, 2.24) is 15.5 Å². The van der Waals surface area contributed by atoms with Crippen LogP contribution in [0.15, 0.2) is 23.2 Å². The molecular formula is C21H33F2IN4O3. The Bertz CT molecular complexity index is 735. The molecule has 0 spiro atoms. The van der Waals surface area contributed by atoms with Crippen LogP contribution in [0.4, 0.5) is 8.78 Å². The maximum Gasteiger partial charge on any atom is 0.387 e. The number of aliphatic imine (C=N–C) groups is 1. The van der Waals surface area contributed by atoms with E-state index in [4.69, 9.17) is 4.74 Å². The smallest absolute Gasteiger partial charge is 0.387 e. The zero-order chi connectivity index (χ0) is 22.1. The van der Waals surface area contributed by atoms with Gasteiger partial charge in [-0.15, -0.1) is 24.0 Å². The van der Waals surface area contributed by atoms with E-state index in [2.05, 4.69) is 20.4 Å². The van der Waals surface area contributed by atoms with Crippen LogP contribution in [-0.4, -0.2) is 55.7 Å². The lowest BCUT2D eigenvalue weighted by molar-refractivity contribution is -0.133. The number of nitrogens with one attached hydrogen (secondary N) is 2. The van der Waals surface area contributed by atoms with Crippen LogP contribution in [-0.2, 0) is 11.3 Å². The second-order valence-electron chi connectivity index (χ2n) is 7.36. The molecule has 7 nitrogen and oxygen atoms in total. The lowest BCUT2D eigenvalue weighted by atomic mass is 10.2. The summed E-state index contributed by atoms with van der Waals surface area (Å²) in [5.41, 5.74) is 0.806. The topological polar surface area (TPSA) is 75.2 Å². The van der Waals surface area contributed by atoms with Gasteiger partial charge >= 0.3 is 6.61 Å². The first-order chi connectivity index (χ1) is 14.3. The van der Waals surface area contributed by atoms with Gasteiger partial charge in [0.25, 0.3) is 0 Å². The minimum atomic E-state index is -2.91.